The van der Waals surface area contributed by atoms with Crippen LogP contribution in [0.5, 0.6) is 11.6 Å². The molecule has 4 rings (SSSR count). The molecule has 0 fully saturated rings. The Labute approximate surface area is 164 Å². The first-order valence-corrected chi connectivity index (χ1v) is 8.57. The van der Waals surface area contributed by atoms with Gasteiger partial charge >= 0.3 is 5.69 Å². The Balaban J connectivity index is 1.62. The van der Waals surface area contributed by atoms with Gasteiger partial charge in [0.05, 0.1) is 16.4 Å². The van der Waals surface area contributed by atoms with Crippen LogP contribution in [0.25, 0.3) is 0 Å². The van der Waals surface area contributed by atoms with Crippen LogP contribution in [0.4, 0.5) is 5.69 Å². The van der Waals surface area contributed by atoms with Crippen molar-refractivity contribution in [3.63, 3.8) is 0 Å². The molecule has 0 saturated carbocycles. The number of rotatable bonds is 5. The Kier molecular flexibility index (Phi) is 4.40. The van der Waals surface area contributed by atoms with Crippen molar-refractivity contribution in [1.29, 1.82) is 5.26 Å². The van der Waals surface area contributed by atoms with E-state index in [0.717, 1.165) is 5.69 Å². The summed E-state index contributed by atoms with van der Waals surface area (Å²) in [4.78, 5) is 10.6. The van der Waals surface area contributed by atoms with Crippen LogP contribution < -0.4 is 15.2 Å². The lowest BCUT2D eigenvalue weighted by Crippen LogP contribution is -2.20. The van der Waals surface area contributed by atoms with E-state index >= 15 is 0 Å². The van der Waals surface area contributed by atoms with Crippen molar-refractivity contribution in [3.05, 3.63) is 80.7 Å². The van der Waals surface area contributed by atoms with Gasteiger partial charge in [-0.25, -0.2) is 0 Å². The zero-order chi connectivity index (χ0) is 20.5. The van der Waals surface area contributed by atoms with Crippen molar-refractivity contribution < 1.29 is 18.8 Å². The van der Waals surface area contributed by atoms with Crippen LogP contribution >= 0.6 is 0 Å². The van der Waals surface area contributed by atoms with E-state index < -0.39 is 10.8 Å². The maximum atomic E-state index is 11.1. The maximum Gasteiger partial charge on any atom is 0.310 e. The van der Waals surface area contributed by atoms with Gasteiger partial charge in [0.15, 0.2) is 5.75 Å². The Bertz CT molecular complexity index is 1170. The molecule has 146 valence electrons. The summed E-state index contributed by atoms with van der Waals surface area (Å²) < 4.78 is 16.8. The van der Waals surface area contributed by atoms with Crippen LogP contribution in [0, 0.1) is 28.4 Å². The molecular weight excluding hydrogens is 378 g/mol. The number of H-pyrrole nitrogens is 1. The summed E-state index contributed by atoms with van der Waals surface area (Å²) >= 11 is 0. The molecule has 3 heterocycles. The minimum Gasteiger partial charge on any atom is -0.479 e. The van der Waals surface area contributed by atoms with Gasteiger partial charge in [0, 0.05) is 11.8 Å². The number of nitrogens with two attached hydrogens (primary N) is 1. The van der Waals surface area contributed by atoms with Gasteiger partial charge in [-0.05, 0) is 25.1 Å². The predicted octanol–water partition coefficient (Wildman–Crippen LogP) is 3.02. The van der Waals surface area contributed by atoms with Gasteiger partial charge in [-0.2, -0.15) is 5.26 Å². The van der Waals surface area contributed by atoms with Crippen LogP contribution in [-0.4, -0.2) is 15.1 Å². The molecule has 0 bridgehead atoms. The van der Waals surface area contributed by atoms with E-state index in [1.54, 1.807) is 31.2 Å². The van der Waals surface area contributed by atoms with Crippen molar-refractivity contribution in [2.75, 3.05) is 0 Å². The molecule has 1 aliphatic heterocycles. The number of fused-ring (bicyclic) bond motifs is 1. The third-order valence-corrected chi connectivity index (χ3v) is 4.53. The molecule has 3 aromatic rings. The largest absolute Gasteiger partial charge is 0.479 e. The average molecular weight is 393 g/mol. The molecule has 1 unspecified atom stereocenters. The molecule has 1 aliphatic rings. The van der Waals surface area contributed by atoms with Crippen LogP contribution in [0.2, 0.25) is 0 Å². The lowest BCUT2D eigenvalue weighted by molar-refractivity contribution is -0.386. The highest BCUT2D eigenvalue weighted by atomic mass is 16.6. The molecule has 2 aromatic heterocycles. The van der Waals surface area contributed by atoms with Crippen molar-refractivity contribution in [1.82, 2.24) is 10.2 Å². The summed E-state index contributed by atoms with van der Waals surface area (Å²) in [6.07, 6.45) is 0. The van der Waals surface area contributed by atoms with Gasteiger partial charge in [-0.1, -0.05) is 12.1 Å². The number of hydrogen-bond acceptors (Lipinski definition) is 8. The highest BCUT2D eigenvalue weighted by Gasteiger charge is 2.36. The normalized spacial score (nSPS) is 15.4. The number of ether oxygens (including phenoxy) is 2. The number of aryl methyl sites for hydroxylation is 1. The number of para-hydroxylation sites is 2. The van der Waals surface area contributed by atoms with Crippen molar-refractivity contribution in [3.8, 4) is 17.7 Å². The first-order chi connectivity index (χ1) is 14.0. The maximum absolute atomic E-state index is 11.1. The molecule has 29 heavy (non-hydrogen) atoms. The number of nitro groups is 1. The molecule has 3 N–H and O–H groups in total. The van der Waals surface area contributed by atoms with Gasteiger partial charge in [0.2, 0.25) is 11.8 Å². The second-order valence-corrected chi connectivity index (χ2v) is 6.31. The van der Waals surface area contributed by atoms with Crippen LogP contribution in [0.15, 0.2) is 52.3 Å². The summed E-state index contributed by atoms with van der Waals surface area (Å²) in [5.74, 6) is 0.699. The first-order valence-electron chi connectivity index (χ1n) is 8.57. The fourth-order valence-electron chi connectivity index (χ4n) is 3.19. The van der Waals surface area contributed by atoms with E-state index in [1.807, 2.05) is 0 Å². The SMILES string of the molecule is Cc1[nH]nc2c1C(c1ccc(COc3ccccc3[N+](=O)[O-])o1)C(C#N)=C(N)O2. The summed E-state index contributed by atoms with van der Waals surface area (Å²) in [6.45, 7) is 1.78. The highest BCUT2D eigenvalue weighted by Crippen LogP contribution is 2.43. The summed E-state index contributed by atoms with van der Waals surface area (Å²) in [7, 11) is 0. The fourth-order valence-corrected chi connectivity index (χ4v) is 3.19. The van der Waals surface area contributed by atoms with Crippen LogP contribution in [-0.2, 0) is 6.61 Å². The smallest absolute Gasteiger partial charge is 0.310 e. The zero-order valence-corrected chi connectivity index (χ0v) is 15.2. The summed E-state index contributed by atoms with van der Waals surface area (Å²) in [5.41, 5.74) is 7.34. The van der Waals surface area contributed by atoms with Crippen molar-refractivity contribution in [2.24, 2.45) is 5.73 Å². The van der Waals surface area contributed by atoms with Gasteiger partial charge in [-0.3, -0.25) is 15.2 Å². The van der Waals surface area contributed by atoms with Crippen LogP contribution in [0.3, 0.4) is 0 Å². The van der Waals surface area contributed by atoms with Crippen LogP contribution in [0.1, 0.15) is 28.7 Å². The third kappa shape index (κ3) is 3.14. The van der Waals surface area contributed by atoms with E-state index in [2.05, 4.69) is 16.3 Å². The molecule has 10 nitrogen and oxygen atoms in total. The lowest BCUT2D eigenvalue weighted by atomic mass is 9.88. The molecule has 1 aromatic carbocycles. The minimum absolute atomic E-state index is 0.0214. The van der Waals surface area contributed by atoms with E-state index in [0.29, 0.717) is 17.1 Å². The third-order valence-electron chi connectivity index (χ3n) is 4.53. The molecule has 0 amide bonds. The number of hydrogen-bond donors (Lipinski definition) is 2. The molecular formula is C19H15N5O5. The van der Waals surface area contributed by atoms with E-state index in [-0.39, 0.29) is 35.4 Å². The van der Waals surface area contributed by atoms with Crippen molar-refractivity contribution >= 4 is 5.69 Å². The molecule has 10 heteroatoms. The Hall–Kier alpha value is -4.26. The molecule has 1 atom stereocenters. The molecule has 0 spiro atoms. The number of aromatic amines is 1. The Morgan fingerprint density at radius 2 is 2.17 bits per heavy atom. The number of aromatic nitrogens is 2. The van der Waals surface area contributed by atoms with E-state index in [1.165, 1.54) is 12.1 Å². The Morgan fingerprint density at radius 1 is 1.38 bits per heavy atom. The molecule has 0 radical (unpaired) electrons. The standard InChI is InChI=1S/C19H15N5O5/c1-10-16-17(12(8-20)18(21)29-19(16)23-22-10)15-7-6-11(28-15)9-27-14-5-3-2-4-13(14)24(25)26/h2-7,17H,9,21H2,1H3,(H,22,23). The Morgan fingerprint density at radius 3 is 2.93 bits per heavy atom. The highest BCUT2D eigenvalue weighted by molar-refractivity contribution is 5.53. The van der Waals surface area contributed by atoms with Gasteiger partial charge in [0.1, 0.15) is 29.8 Å². The van der Waals surface area contributed by atoms with Gasteiger partial charge in [-0.15, -0.1) is 5.10 Å². The monoisotopic (exact) mass is 393 g/mol. The topological polar surface area (TPSA) is 153 Å². The van der Waals surface area contributed by atoms with Gasteiger partial charge < -0.3 is 19.6 Å². The van der Waals surface area contributed by atoms with E-state index in [4.69, 9.17) is 19.6 Å². The second-order valence-electron chi connectivity index (χ2n) is 6.31. The number of nitriles is 1. The van der Waals surface area contributed by atoms with Crippen molar-refractivity contribution in [2.45, 2.75) is 19.4 Å². The average Bonchev–Trinajstić information content (AvgIpc) is 3.32. The zero-order valence-electron chi connectivity index (χ0n) is 15.2. The number of furan rings is 1. The quantitative estimate of drug-likeness (QED) is 0.495. The summed E-state index contributed by atoms with van der Waals surface area (Å²) in [5, 5.41) is 27.5. The fraction of sp³-hybridized carbons (Fsp3) is 0.158. The number of nitrogens with zero attached hydrogens (tertiary/aromatic N) is 3. The molecule has 0 saturated heterocycles. The number of allylic oxidation sites excluding steroid dienone is 1. The van der Waals surface area contributed by atoms with Gasteiger partial charge in [0.25, 0.3) is 0 Å². The number of nitro benzene ring substituents is 1. The predicted molar refractivity (Wildman–Crippen MR) is 98.8 cm³/mol. The van der Waals surface area contributed by atoms with E-state index in [9.17, 15) is 15.4 Å². The second kappa shape index (κ2) is 7.05. The minimum atomic E-state index is -0.581. The number of benzene rings is 1. The lowest BCUT2D eigenvalue weighted by Gasteiger charge is -2.21. The molecule has 0 aliphatic carbocycles. The summed E-state index contributed by atoms with van der Waals surface area (Å²) in [6, 6.07) is 11.5. The number of nitrogens with one attached hydrogen (secondary N) is 1. The first kappa shape index (κ1) is 18.1.